The zero-order valence-electron chi connectivity index (χ0n) is 7.96. The molecule has 0 amide bonds. The van der Waals surface area contributed by atoms with Crippen LogP contribution in [0.15, 0.2) is 12.1 Å². The Hall–Kier alpha value is -1.22. The van der Waals surface area contributed by atoms with Crippen LogP contribution in [0.5, 0.6) is 11.5 Å². The molecule has 3 N–H and O–H groups in total. The van der Waals surface area contributed by atoms with Gasteiger partial charge in [-0.15, -0.1) is 0 Å². The highest BCUT2D eigenvalue weighted by molar-refractivity contribution is 5.49. The zero-order chi connectivity index (χ0) is 9.84. The number of hydrogen-bond donors (Lipinski definition) is 3. The Labute approximate surface area is 78.0 Å². The summed E-state index contributed by atoms with van der Waals surface area (Å²) in [4.78, 5) is 0. The molecule has 0 aliphatic rings. The standard InChI is InChI=1S/C10H15NO2/c1-7-3-4-8(5-6-11-2)10(13)9(7)12/h3-4,11-13H,5-6H2,1-2H3. The fraction of sp³-hybridized carbons (Fsp3) is 0.400. The first-order chi connectivity index (χ1) is 6.16. The first-order valence-electron chi connectivity index (χ1n) is 4.32. The predicted octanol–water partition coefficient (Wildman–Crippen LogP) is 1.17. The van der Waals surface area contributed by atoms with Gasteiger partial charge < -0.3 is 15.5 Å². The second kappa shape index (κ2) is 4.14. The van der Waals surface area contributed by atoms with Crippen LogP contribution in [0.1, 0.15) is 11.1 Å². The van der Waals surface area contributed by atoms with E-state index >= 15 is 0 Å². The maximum Gasteiger partial charge on any atom is 0.160 e. The van der Waals surface area contributed by atoms with Gasteiger partial charge in [0.05, 0.1) is 0 Å². The maximum absolute atomic E-state index is 9.53. The Morgan fingerprint density at radius 1 is 1.23 bits per heavy atom. The van der Waals surface area contributed by atoms with Gasteiger partial charge in [0.1, 0.15) is 0 Å². The molecule has 0 fully saturated rings. The van der Waals surface area contributed by atoms with Gasteiger partial charge >= 0.3 is 0 Å². The zero-order valence-corrected chi connectivity index (χ0v) is 7.96. The molecule has 0 saturated heterocycles. The molecular weight excluding hydrogens is 166 g/mol. The fourth-order valence-corrected chi connectivity index (χ4v) is 1.18. The first kappa shape index (κ1) is 9.86. The van der Waals surface area contributed by atoms with E-state index < -0.39 is 0 Å². The second-order valence-electron chi connectivity index (χ2n) is 3.09. The molecule has 0 unspecified atom stereocenters. The van der Waals surface area contributed by atoms with E-state index in [9.17, 15) is 10.2 Å². The van der Waals surface area contributed by atoms with Crippen LogP contribution < -0.4 is 5.32 Å². The Morgan fingerprint density at radius 2 is 1.92 bits per heavy atom. The van der Waals surface area contributed by atoms with E-state index in [2.05, 4.69) is 5.32 Å². The number of phenols is 2. The monoisotopic (exact) mass is 181 g/mol. The van der Waals surface area contributed by atoms with Gasteiger partial charge in [-0.05, 0) is 38.1 Å². The predicted molar refractivity (Wildman–Crippen MR) is 52.1 cm³/mol. The fourth-order valence-electron chi connectivity index (χ4n) is 1.18. The van der Waals surface area contributed by atoms with Crippen molar-refractivity contribution in [2.45, 2.75) is 13.3 Å². The molecule has 0 aromatic heterocycles. The molecule has 3 heteroatoms. The van der Waals surface area contributed by atoms with E-state index in [1.807, 2.05) is 13.1 Å². The molecule has 0 spiro atoms. The molecule has 0 saturated carbocycles. The Balaban J connectivity index is 2.90. The third-order valence-corrected chi connectivity index (χ3v) is 2.08. The summed E-state index contributed by atoms with van der Waals surface area (Å²) in [5, 5.41) is 21.9. The van der Waals surface area contributed by atoms with Crippen LogP contribution in [0.4, 0.5) is 0 Å². The van der Waals surface area contributed by atoms with Gasteiger partial charge in [0.15, 0.2) is 11.5 Å². The van der Waals surface area contributed by atoms with E-state index in [1.165, 1.54) is 0 Å². The summed E-state index contributed by atoms with van der Waals surface area (Å²) < 4.78 is 0. The lowest BCUT2D eigenvalue weighted by Crippen LogP contribution is -2.10. The average molecular weight is 181 g/mol. The summed E-state index contributed by atoms with van der Waals surface area (Å²) in [6.45, 7) is 2.55. The second-order valence-corrected chi connectivity index (χ2v) is 3.09. The molecule has 0 radical (unpaired) electrons. The van der Waals surface area contributed by atoms with Gasteiger partial charge in [0.2, 0.25) is 0 Å². The molecule has 0 aliphatic carbocycles. The van der Waals surface area contributed by atoms with Crippen molar-refractivity contribution >= 4 is 0 Å². The minimum Gasteiger partial charge on any atom is -0.504 e. The molecule has 1 aromatic carbocycles. The summed E-state index contributed by atoms with van der Waals surface area (Å²) in [6, 6.07) is 3.64. The normalized spacial score (nSPS) is 10.3. The van der Waals surface area contributed by atoms with Gasteiger partial charge in [-0.25, -0.2) is 0 Å². The molecule has 3 nitrogen and oxygen atoms in total. The molecule has 1 aromatic rings. The summed E-state index contributed by atoms with van der Waals surface area (Å²) in [5.74, 6) is 0.00357. The van der Waals surface area contributed by atoms with Gasteiger partial charge in [-0.2, -0.15) is 0 Å². The van der Waals surface area contributed by atoms with Crippen LogP contribution in [0, 0.1) is 6.92 Å². The third-order valence-electron chi connectivity index (χ3n) is 2.08. The van der Waals surface area contributed by atoms with E-state index in [0.717, 1.165) is 18.5 Å². The molecule has 0 aliphatic heterocycles. The first-order valence-corrected chi connectivity index (χ1v) is 4.32. The van der Waals surface area contributed by atoms with Crippen LogP contribution in [0.2, 0.25) is 0 Å². The number of nitrogens with one attached hydrogen (secondary N) is 1. The molecular formula is C10H15NO2. The summed E-state index contributed by atoms with van der Waals surface area (Å²) in [5.41, 5.74) is 1.48. The minimum absolute atomic E-state index is 0.00592. The molecule has 72 valence electrons. The molecule has 0 atom stereocenters. The van der Waals surface area contributed by atoms with Crippen LogP contribution >= 0.6 is 0 Å². The Morgan fingerprint density at radius 3 is 2.54 bits per heavy atom. The largest absolute Gasteiger partial charge is 0.504 e. The third kappa shape index (κ3) is 2.12. The SMILES string of the molecule is CNCCc1ccc(C)c(O)c1O. The van der Waals surface area contributed by atoms with Gasteiger partial charge in [0.25, 0.3) is 0 Å². The van der Waals surface area contributed by atoms with E-state index in [1.54, 1.807) is 13.0 Å². The highest BCUT2D eigenvalue weighted by Gasteiger charge is 2.07. The Bertz CT molecular complexity index is 297. The number of aryl methyl sites for hydroxylation is 1. The molecule has 1 rings (SSSR count). The van der Waals surface area contributed by atoms with E-state index in [4.69, 9.17) is 0 Å². The lowest BCUT2D eigenvalue weighted by Gasteiger charge is -2.07. The van der Waals surface area contributed by atoms with Crippen LogP contribution in [-0.2, 0) is 6.42 Å². The summed E-state index contributed by atoms with van der Waals surface area (Å²) in [6.07, 6.45) is 0.718. The van der Waals surface area contributed by atoms with Crippen molar-refractivity contribution in [3.63, 3.8) is 0 Å². The smallest absolute Gasteiger partial charge is 0.160 e. The van der Waals surface area contributed by atoms with Crippen molar-refractivity contribution in [3.8, 4) is 11.5 Å². The van der Waals surface area contributed by atoms with Gasteiger partial charge in [-0.1, -0.05) is 12.1 Å². The van der Waals surface area contributed by atoms with Crippen molar-refractivity contribution in [1.29, 1.82) is 0 Å². The van der Waals surface area contributed by atoms with Crippen molar-refractivity contribution in [1.82, 2.24) is 5.32 Å². The van der Waals surface area contributed by atoms with E-state index in [0.29, 0.717) is 5.56 Å². The van der Waals surface area contributed by atoms with Crippen LogP contribution in [0.3, 0.4) is 0 Å². The van der Waals surface area contributed by atoms with Crippen LogP contribution in [-0.4, -0.2) is 23.8 Å². The average Bonchev–Trinajstić information content (AvgIpc) is 2.13. The highest BCUT2D eigenvalue weighted by Crippen LogP contribution is 2.31. The van der Waals surface area contributed by atoms with Crippen molar-refractivity contribution in [2.24, 2.45) is 0 Å². The van der Waals surface area contributed by atoms with Crippen molar-refractivity contribution in [3.05, 3.63) is 23.3 Å². The quantitative estimate of drug-likeness (QED) is 0.613. The van der Waals surface area contributed by atoms with Crippen LogP contribution in [0.25, 0.3) is 0 Å². The molecule has 0 heterocycles. The van der Waals surface area contributed by atoms with Gasteiger partial charge in [0, 0.05) is 0 Å². The van der Waals surface area contributed by atoms with Gasteiger partial charge in [-0.3, -0.25) is 0 Å². The van der Waals surface area contributed by atoms with Crippen molar-refractivity contribution in [2.75, 3.05) is 13.6 Å². The number of benzene rings is 1. The summed E-state index contributed by atoms with van der Waals surface area (Å²) >= 11 is 0. The van der Waals surface area contributed by atoms with E-state index in [-0.39, 0.29) is 11.5 Å². The molecule has 0 bridgehead atoms. The lowest BCUT2D eigenvalue weighted by atomic mass is 10.1. The topological polar surface area (TPSA) is 52.5 Å². The lowest BCUT2D eigenvalue weighted by molar-refractivity contribution is 0.396. The number of hydrogen-bond acceptors (Lipinski definition) is 3. The summed E-state index contributed by atoms with van der Waals surface area (Å²) in [7, 11) is 1.85. The van der Waals surface area contributed by atoms with Crippen molar-refractivity contribution < 1.29 is 10.2 Å². The maximum atomic E-state index is 9.53. The number of likely N-dealkylation sites (N-methyl/N-ethyl adjacent to an activating group) is 1. The molecule has 13 heavy (non-hydrogen) atoms. The number of phenolic OH excluding ortho intramolecular Hbond substituents is 2. The number of rotatable bonds is 3. The Kier molecular flexibility index (Phi) is 3.14. The number of aromatic hydroxyl groups is 2. The minimum atomic E-state index is -0.00592. The highest BCUT2D eigenvalue weighted by atomic mass is 16.3.